The number of hydrogen-bond donors (Lipinski definition) is 3. The van der Waals surface area contributed by atoms with Crippen molar-refractivity contribution in [3.63, 3.8) is 0 Å². The molecule has 0 radical (unpaired) electrons. The van der Waals surface area contributed by atoms with E-state index in [1.807, 2.05) is 13.8 Å². The first-order chi connectivity index (χ1) is 15.0. The molecule has 0 aliphatic heterocycles. The van der Waals surface area contributed by atoms with Crippen molar-refractivity contribution in [1.29, 1.82) is 0 Å². The molecule has 7 nitrogen and oxygen atoms in total. The van der Waals surface area contributed by atoms with Gasteiger partial charge in [-0.3, -0.25) is 9.59 Å². The first-order valence-corrected chi connectivity index (χ1v) is 11.1. The molecular weight excluding hydrogens is 469 g/mol. The summed E-state index contributed by atoms with van der Waals surface area (Å²) in [7, 11) is 0. The molecule has 0 aliphatic carbocycles. The Bertz CT molecular complexity index is 951. The number of aliphatic hydroxyl groups is 1. The van der Waals surface area contributed by atoms with Gasteiger partial charge in [-0.05, 0) is 30.5 Å². The van der Waals surface area contributed by atoms with E-state index >= 15 is 0 Å². The number of imidazole rings is 1. The lowest BCUT2D eigenvalue weighted by atomic mass is 10.1. The Morgan fingerprint density at radius 1 is 1.28 bits per heavy atom. The van der Waals surface area contributed by atoms with Gasteiger partial charge in [-0.1, -0.05) is 37.2 Å². The van der Waals surface area contributed by atoms with Gasteiger partial charge >= 0.3 is 6.18 Å². The second-order valence-electron chi connectivity index (χ2n) is 7.34. The molecular formula is C20H24ClF3N4O3S. The maximum atomic E-state index is 12.9. The number of anilines is 1. The minimum atomic E-state index is -4.57. The van der Waals surface area contributed by atoms with Crippen molar-refractivity contribution in [2.45, 2.75) is 44.8 Å². The van der Waals surface area contributed by atoms with E-state index in [0.29, 0.717) is 23.3 Å². The molecule has 0 saturated carbocycles. The van der Waals surface area contributed by atoms with Crippen molar-refractivity contribution in [2.24, 2.45) is 5.92 Å². The van der Waals surface area contributed by atoms with Crippen LogP contribution in [0.25, 0.3) is 0 Å². The highest BCUT2D eigenvalue weighted by atomic mass is 35.5. The van der Waals surface area contributed by atoms with Gasteiger partial charge in [0.1, 0.15) is 6.54 Å². The molecule has 1 aromatic carbocycles. The van der Waals surface area contributed by atoms with Crippen LogP contribution in [-0.4, -0.2) is 38.8 Å². The normalized spacial score (nSPS) is 11.6. The fraction of sp³-hybridized carbons (Fsp3) is 0.450. The number of hydrogen-bond acceptors (Lipinski definition) is 5. The van der Waals surface area contributed by atoms with Crippen LogP contribution < -0.4 is 10.6 Å². The third-order valence-corrected chi connectivity index (χ3v) is 5.63. The first-order valence-electron chi connectivity index (χ1n) is 9.72. The molecule has 0 spiro atoms. The van der Waals surface area contributed by atoms with Crippen LogP contribution >= 0.6 is 23.4 Å². The van der Waals surface area contributed by atoms with Crippen molar-refractivity contribution in [2.75, 3.05) is 17.6 Å². The maximum absolute atomic E-state index is 12.9. The van der Waals surface area contributed by atoms with Gasteiger partial charge in [0, 0.05) is 6.54 Å². The van der Waals surface area contributed by atoms with E-state index in [1.165, 1.54) is 10.8 Å². The Balaban J connectivity index is 2.01. The summed E-state index contributed by atoms with van der Waals surface area (Å²) in [6, 6.07) is 2.65. The quantitative estimate of drug-likeness (QED) is 0.437. The molecule has 1 heterocycles. The zero-order valence-electron chi connectivity index (χ0n) is 17.5. The summed E-state index contributed by atoms with van der Waals surface area (Å²) in [6.07, 6.45) is -2.35. The largest absolute Gasteiger partial charge is 0.416 e. The Hall–Kier alpha value is -2.24. The van der Waals surface area contributed by atoms with Gasteiger partial charge in [-0.2, -0.15) is 13.2 Å². The van der Waals surface area contributed by atoms with Gasteiger partial charge in [0.15, 0.2) is 5.16 Å². The number of nitrogens with one attached hydrogen (secondary N) is 2. The summed E-state index contributed by atoms with van der Waals surface area (Å²) in [6.45, 7) is 4.16. The number of amides is 2. The molecule has 1 aromatic heterocycles. The summed E-state index contributed by atoms with van der Waals surface area (Å²) in [5.74, 6) is -0.617. The fourth-order valence-electron chi connectivity index (χ4n) is 2.62. The fourth-order valence-corrected chi connectivity index (χ4v) is 3.58. The number of carbonyl (C=O) groups excluding carboxylic acids is 2. The minimum absolute atomic E-state index is 0.0292. The first kappa shape index (κ1) is 26.0. The molecule has 0 saturated heterocycles. The van der Waals surface area contributed by atoms with Crippen LogP contribution in [0.2, 0.25) is 5.02 Å². The average Bonchev–Trinajstić information content (AvgIpc) is 3.08. The summed E-state index contributed by atoms with van der Waals surface area (Å²) in [5.41, 5.74) is -0.694. The van der Waals surface area contributed by atoms with Crippen LogP contribution in [0.5, 0.6) is 0 Å². The van der Waals surface area contributed by atoms with Crippen LogP contribution in [0, 0.1) is 5.92 Å². The van der Waals surface area contributed by atoms with Gasteiger partial charge < -0.3 is 20.3 Å². The number of benzene rings is 1. The highest BCUT2D eigenvalue weighted by Gasteiger charge is 2.31. The maximum Gasteiger partial charge on any atom is 0.416 e. The Labute approximate surface area is 192 Å². The molecule has 0 bridgehead atoms. The molecule has 0 aliphatic rings. The van der Waals surface area contributed by atoms with Crippen LogP contribution in [0.1, 0.15) is 31.5 Å². The molecule has 176 valence electrons. The van der Waals surface area contributed by atoms with Gasteiger partial charge in [0.05, 0.1) is 40.5 Å². The molecule has 12 heteroatoms. The topological polar surface area (TPSA) is 96.2 Å². The van der Waals surface area contributed by atoms with Crippen LogP contribution in [0.3, 0.4) is 0 Å². The van der Waals surface area contributed by atoms with Gasteiger partial charge in [-0.15, -0.1) is 0 Å². The Morgan fingerprint density at radius 2 is 2.00 bits per heavy atom. The number of aromatic nitrogens is 2. The number of carbonyl (C=O) groups is 2. The van der Waals surface area contributed by atoms with Crippen molar-refractivity contribution < 1.29 is 27.9 Å². The van der Waals surface area contributed by atoms with E-state index in [0.717, 1.165) is 36.4 Å². The van der Waals surface area contributed by atoms with E-state index in [-0.39, 0.29) is 35.5 Å². The van der Waals surface area contributed by atoms with Crippen LogP contribution in [0.15, 0.2) is 29.6 Å². The SMILES string of the molecule is CC(C)CCNC(=O)Cn1c(CO)cnc1SCC(=O)Nc1cc(C(F)(F)F)ccc1Cl. The lowest BCUT2D eigenvalue weighted by Gasteiger charge is -2.13. The minimum Gasteiger partial charge on any atom is -0.390 e. The van der Waals surface area contributed by atoms with E-state index in [4.69, 9.17) is 11.6 Å². The number of thioether (sulfide) groups is 1. The second-order valence-corrected chi connectivity index (χ2v) is 8.69. The van der Waals surface area contributed by atoms with Crippen molar-refractivity contribution in [3.8, 4) is 0 Å². The van der Waals surface area contributed by atoms with Gasteiger partial charge in [0.25, 0.3) is 0 Å². The van der Waals surface area contributed by atoms with Crippen molar-refractivity contribution >= 4 is 40.9 Å². The third kappa shape index (κ3) is 7.72. The monoisotopic (exact) mass is 492 g/mol. The van der Waals surface area contributed by atoms with Crippen molar-refractivity contribution in [3.05, 3.63) is 40.7 Å². The van der Waals surface area contributed by atoms with Crippen LogP contribution in [0.4, 0.5) is 18.9 Å². The molecule has 0 fully saturated rings. The molecule has 0 atom stereocenters. The standard InChI is InChI=1S/C20H24ClF3N4O3S/c1-12(2)5-6-25-17(30)9-28-14(10-29)8-26-19(28)32-11-18(31)27-16-7-13(20(22,23)24)3-4-15(16)21/h3-4,7-8,12,29H,5-6,9-11H2,1-2H3,(H,25,30)(H,27,31). The van der Waals surface area contributed by atoms with E-state index in [9.17, 15) is 27.9 Å². The van der Waals surface area contributed by atoms with E-state index in [2.05, 4.69) is 15.6 Å². The number of halogens is 4. The number of rotatable bonds is 10. The van der Waals surface area contributed by atoms with Crippen LogP contribution in [-0.2, 0) is 28.9 Å². The summed E-state index contributed by atoms with van der Waals surface area (Å²) in [4.78, 5) is 28.6. The summed E-state index contributed by atoms with van der Waals surface area (Å²) in [5, 5.41) is 14.9. The molecule has 2 amide bonds. The number of nitrogens with zero attached hydrogens (tertiary/aromatic N) is 2. The number of alkyl halides is 3. The Morgan fingerprint density at radius 3 is 2.62 bits per heavy atom. The Kier molecular flexibility index (Phi) is 9.41. The lowest BCUT2D eigenvalue weighted by molar-refractivity contribution is -0.137. The summed E-state index contributed by atoms with van der Waals surface area (Å²) >= 11 is 6.88. The second kappa shape index (κ2) is 11.6. The zero-order valence-corrected chi connectivity index (χ0v) is 19.1. The zero-order chi connectivity index (χ0) is 23.9. The average molecular weight is 493 g/mol. The highest BCUT2D eigenvalue weighted by Crippen LogP contribution is 2.34. The molecule has 32 heavy (non-hydrogen) atoms. The smallest absolute Gasteiger partial charge is 0.390 e. The predicted molar refractivity (Wildman–Crippen MR) is 116 cm³/mol. The third-order valence-electron chi connectivity index (χ3n) is 4.31. The van der Waals surface area contributed by atoms with Gasteiger partial charge in [-0.25, -0.2) is 4.98 Å². The van der Waals surface area contributed by atoms with E-state index < -0.39 is 17.6 Å². The molecule has 2 aromatic rings. The molecule has 2 rings (SSSR count). The summed E-state index contributed by atoms with van der Waals surface area (Å²) < 4.78 is 40.1. The molecule has 0 unspecified atom stereocenters. The predicted octanol–water partition coefficient (Wildman–Crippen LogP) is 3.94. The van der Waals surface area contributed by atoms with Gasteiger partial charge in [0.2, 0.25) is 11.8 Å². The lowest BCUT2D eigenvalue weighted by Crippen LogP contribution is -2.30. The molecule has 3 N–H and O–H groups in total. The highest BCUT2D eigenvalue weighted by molar-refractivity contribution is 7.99. The van der Waals surface area contributed by atoms with E-state index in [1.54, 1.807) is 0 Å². The van der Waals surface area contributed by atoms with Crippen molar-refractivity contribution in [1.82, 2.24) is 14.9 Å². The number of aliphatic hydroxyl groups excluding tert-OH is 1.